The molecule has 0 radical (unpaired) electrons. The molecule has 66 valence electrons. The van der Waals surface area contributed by atoms with E-state index in [4.69, 9.17) is 10.5 Å². The van der Waals surface area contributed by atoms with Crippen molar-refractivity contribution < 1.29 is 4.74 Å². The Morgan fingerprint density at radius 1 is 1.50 bits per heavy atom. The predicted molar refractivity (Wildman–Crippen MR) is 49.0 cm³/mol. The molecule has 1 rings (SSSR count). The molecular formula is C7H11N3OS. The lowest BCUT2D eigenvalue weighted by Crippen LogP contribution is -1.94. The predicted octanol–water partition coefficient (Wildman–Crippen LogP) is 0.797. The fourth-order valence-electron chi connectivity index (χ4n) is 0.630. The smallest absolute Gasteiger partial charge is 0.141 e. The standard InChI is InChI=1S/C7H11N3OS/c1-11-2-3-12-7-5-9-6(8)4-10-7/h4-5H,2-3H2,1H3,(H2,8,9). The number of ether oxygens (including phenoxy) is 1. The van der Waals surface area contributed by atoms with Crippen LogP contribution in [-0.2, 0) is 4.74 Å². The Morgan fingerprint density at radius 2 is 2.33 bits per heavy atom. The van der Waals surface area contributed by atoms with Gasteiger partial charge in [-0.15, -0.1) is 11.8 Å². The van der Waals surface area contributed by atoms with Gasteiger partial charge in [0.1, 0.15) is 10.8 Å². The number of aromatic nitrogens is 2. The third kappa shape index (κ3) is 3.06. The summed E-state index contributed by atoms with van der Waals surface area (Å²) in [6, 6.07) is 0. The number of nitrogens with two attached hydrogens (primary N) is 1. The molecule has 0 saturated heterocycles. The van der Waals surface area contributed by atoms with E-state index in [1.807, 2.05) is 0 Å². The first-order valence-corrected chi connectivity index (χ1v) is 4.50. The second-order valence-corrected chi connectivity index (χ2v) is 3.24. The molecule has 2 N–H and O–H groups in total. The van der Waals surface area contributed by atoms with Gasteiger partial charge in [-0.05, 0) is 0 Å². The van der Waals surface area contributed by atoms with Crippen molar-refractivity contribution in [3.63, 3.8) is 0 Å². The fraction of sp³-hybridized carbons (Fsp3) is 0.429. The highest BCUT2D eigenvalue weighted by Crippen LogP contribution is 2.13. The average Bonchev–Trinajstić information content (AvgIpc) is 2.09. The van der Waals surface area contributed by atoms with Gasteiger partial charge in [-0.25, -0.2) is 9.97 Å². The summed E-state index contributed by atoms with van der Waals surface area (Å²) < 4.78 is 4.89. The van der Waals surface area contributed by atoms with Gasteiger partial charge >= 0.3 is 0 Å². The second kappa shape index (κ2) is 4.95. The van der Waals surface area contributed by atoms with Crippen LogP contribution in [0.2, 0.25) is 0 Å². The Kier molecular flexibility index (Phi) is 3.83. The van der Waals surface area contributed by atoms with E-state index < -0.39 is 0 Å². The summed E-state index contributed by atoms with van der Waals surface area (Å²) in [7, 11) is 1.68. The van der Waals surface area contributed by atoms with E-state index in [1.54, 1.807) is 31.3 Å². The van der Waals surface area contributed by atoms with E-state index >= 15 is 0 Å². The van der Waals surface area contributed by atoms with E-state index in [9.17, 15) is 0 Å². The van der Waals surface area contributed by atoms with Crippen LogP contribution < -0.4 is 5.73 Å². The first-order valence-electron chi connectivity index (χ1n) is 3.52. The third-order valence-corrected chi connectivity index (χ3v) is 2.06. The topological polar surface area (TPSA) is 61.0 Å². The maximum Gasteiger partial charge on any atom is 0.141 e. The van der Waals surface area contributed by atoms with Crippen LogP contribution in [0.25, 0.3) is 0 Å². The monoisotopic (exact) mass is 185 g/mol. The quantitative estimate of drug-likeness (QED) is 0.555. The second-order valence-electron chi connectivity index (χ2n) is 2.12. The first-order chi connectivity index (χ1) is 5.83. The Labute approximate surface area is 75.5 Å². The van der Waals surface area contributed by atoms with Gasteiger partial charge in [0.15, 0.2) is 0 Å². The van der Waals surface area contributed by atoms with Gasteiger partial charge in [-0.2, -0.15) is 0 Å². The maximum atomic E-state index is 5.37. The van der Waals surface area contributed by atoms with Gasteiger partial charge in [0, 0.05) is 12.9 Å². The summed E-state index contributed by atoms with van der Waals surface area (Å²) in [5, 5.41) is 0.876. The van der Waals surface area contributed by atoms with Gasteiger partial charge in [0.05, 0.1) is 19.0 Å². The Balaban J connectivity index is 2.37. The summed E-state index contributed by atoms with van der Waals surface area (Å²) in [6.45, 7) is 0.719. The lowest BCUT2D eigenvalue weighted by atomic mass is 10.7. The minimum Gasteiger partial charge on any atom is -0.384 e. The molecule has 0 aliphatic heterocycles. The van der Waals surface area contributed by atoms with Crippen LogP contribution in [0.3, 0.4) is 0 Å². The first kappa shape index (κ1) is 9.28. The molecule has 1 aromatic heterocycles. The number of anilines is 1. The highest BCUT2D eigenvalue weighted by atomic mass is 32.2. The number of nitrogen functional groups attached to an aromatic ring is 1. The van der Waals surface area contributed by atoms with Crippen molar-refractivity contribution >= 4 is 17.6 Å². The van der Waals surface area contributed by atoms with Gasteiger partial charge in [0.25, 0.3) is 0 Å². The molecule has 0 atom stereocenters. The number of nitrogens with zero attached hydrogens (tertiary/aromatic N) is 2. The molecule has 0 bridgehead atoms. The van der Waals surface area contributed by atoms with Gasteiger partial charge in [-0.1, -0.05) is 0 Å². The molecule has 12 heavy (non-hydrogen) atoms. The zero-order valence-corrected chi connectivity index (χ0v) is 7.67. The summed E-state index contributed by atoms with van der Waals surface area (Å²) >= 11 is 1.60. The Morgan fingerprint density at radius 3 is 2.92 bits per heavy atom. The van der Waals surface area contributed by atoms with Crippen molar-refractivity contribution in [2.75, 3.05) is 25.2 Å². The van der Waals surface area contributed by atoms with Crippen LogP contribution in [0.15, 0.2) is 17.4 Å². The van der Waals surface area contributed by atoms with E-state index in [1.165, 1.54) is 0 Å². The van der Waals surface area contributed by atoms with Crippen molar-refractivity contribution in [3.8, 4) is 0 Å². The van der Waals surface area contributed by atoms with Gasteiger partial charge in [-0.3, -0.25) is 0 Å². The maximum absolute atomic E-state index is 5.37. The molecule has 4 nitrogen and oxygen atoms in total. The molecule has 5 heteroatoms. The van der Waals surface area contributed by atoms with Crippen molar-refractivity contribution in [2.45, 2.75) is 5.03 Å². The highest BCUT2D eigenvalue weighted by molar-refractivity contribution is 7.99. The summed E-state index contributed by atoms with van der Waals surface area (Å²) in [5.41, 5.74) is 5.37. The average molecular weight is 185 g/mol. The molecule has 0 amide bonds. The van der Waals surface area contributed by atoms with E-state index in [2.05, 4.69) is 9.97 Å². The Bertz CT molecular complexity index is 227. The normalized spacial score (nSPS) is 10.1. The zero-order valence-electron chi connectivity index (χ0n) is 6.86. The largest absolute Gasteiger partial charge is 0.384 e. The molecule has 1 aromatic rings. The van der Waals surface area contributed by atoms with Gasteiger partial charge in [0.2, 0.25) is 0 Å². The highest BCUT2D eigenvalue weighted by Gasteiger charge is 1.94. The van der Waals surface area contributed by atoms with Crippen LogP contribution in [-0.4, -0.2) is 29.4 Å². The Hall–Kier alpha value is -0.810. The molecule has 0 unspecified atom stereocenters. The molecule has 0 saturated carbocycles. The van der Waals surface area contributed by atoms with Crippen molar-refractivity contribution in [2.24, 2.45) is 0 Å². The van der Waals surface area contributed by atoms with Crippen LogP contribution in [0.1, 0.15) is 0 Å². The number of hydrogen-bond donors (Lipinski definition) is 1. The summed E-state index contributed by atoms with van der Waals surface area (Å²) in [5.74, 6) is 1.33. The number of hydrogen-bond acceptors (Lipinski definition) is 5. The van der Waals surface area contributed by atoms with Crippen LogP contribution >= 0.6 is 11.8 Å². The zero-order chi connectivity index (χ0) is 8.81. The number of rotatable bonds is 4. The van der Waals surface area contributed by atoms with Crippen molar-refractivity contribution in [1.82, 2.24) is 9.97 Å². The number of methoxy groups -OCH3 is 1. The van der Waals surface area contributed by atoms with Crippen LogP contribution in [0.4, 0.5) is 5.82 Å². The summed E-state index contributed by atoms with van der Waals surface area (Å²) in [6.07, 6.45) is 3.21. The van der Waals surface area contributed by atoms with Gasteiger partial charge < -0.3 is 10.5 Å². The molecule has 0 aliphatic rings. The lowest BCUT2D eigenvalue weighted by molar-refractivity contribution is 0.218. The minimum absolute atomic E-state index is 0.450. The molecule has 0 spiro atoms. The van der Waals surface area contributed by atoms with E-state index in [-0.39, 0.29) is 0 Å². The SMILES string of the molecule is COCCSc1cnc(N)cn1. The lowest BCUT2D eigenvalue weighted by Gasteiger charge is -1.98. The fourth-order valence-corrected chi connectivity index (χ4v) is 1.34. The third-order valence-electron chi connectivity index (χ3n) is 1.19. The molecule has 0 aliphatic carbocycles. The molecular weight excluding hydrogens is 174 g/mol. The van der Waals surface area contributed by atoms with Crippen molar-refractivity contribution in [1.29, 1.82) is 0 Å². The van der Waals surface area contributed by atoms with Crippen LogP contribution in [0, 0.1) is 0 Å². The number of thioether (sulfide) groups is 1. The van der Waals surface area contributed by atoms with Crippen LogP contribution in [0.5, 0.6) is 0 Å². The van der Waals surface area contributed by atoms with Crippen molar-refractivity contribution in [3.05, 3.63) is 12.4 Å². The van der Waals surface area contributed by atoms with E-state index in [0.717, 1.165) is 17.4 Å². The summed E-state index contributed by atoms with van der Waals surface area (Å²) in [4.78, 5) is 7.98. The molecule has 0 aromatic carbocycles. The minimum atomic E-state index is 0.450. The van der Waals surface area contributed by atoms with E-state index in [0.29, 0.717) is 5.82 Å². The molecule has 0 fully saturated rings. The molecule has 1 heterocycles.